The van der Waals surface area contributed by atoms with Gasteiger partial charge in [0.2, 0.25) is 0 Å². The third kappa shape index (κ3) is 6.74. The Hall–Kier alpha value is -1.19. The van der Waals surface area contributed by atoms with Gasteiger partial charge in [0.1, 0.15) is 5.78 Å². The summed E-state index contributed by atoms with van der Waals surface area (Å²) in [6.45, 7) is 3.91. The number of rotatable bonds is 10. The summed E-state index contributed by atoms with van der Waals surface area (Å²) in [4.78, 5) is 11.7. The van der Waals surface area contributed by atoms with Crippen LogP contribution in [0.5, 0.6) is 0 Å². The van der Waals surface area contributed by atoms with E-state index in [0.29, 0.717) is 16.9 Å². The van der Waals surface area contributed by atoms with Crippen LogP contribution in [0.4, 0.5) is 0 Å². The molecule has 0 amide bonds. The number of hydrogen-bond donors (Lipinski definition) is 0. The normalized spacial score (nSPS) is 13.4. The fourth-order valence-corrected chi connectivity index (χ4v) is 5.27. The first-order valence-electron chi connectivity index (χ1n) is 8.50. The highest BCUT2D eigenvalue weighted by molar-refractivity contribution is 8.00. The van der Waals surface area contributed by atoms with E-state index in [9.17, 15) is 4.79 Å². The van der Waals surface area contributed by atoms with Gasteiger partial charge in [-0.25, -0.2) is 0 Å². The maximum Gasteiger partial charge on any atom is 0.130 e. The van der Waals surface area contributed by atoms with E-state index in [1.165, 1.54) is 11.1 Å². The molecular formula is C21H26OS2. The lowest BCUT2D eigenvalue weighted by Crippen LogP contribution is -2.12. The molecule has 0 N–H and O–H groups in total. The van der Waals surface area contributed by atoms with Crippen molar-refractivity contribution in [2.75, 3.05) is 5.75 Å². The molecule has 2 aromatic carbocycles. The Labute approximate surface area is 154 Å². The van der Waals surface area contributed by atoms with E-state index in [1.807, 2.05) is 29.6 Å². The predicted octanol–water partition coefficient (Wildman–Crippen LogP) is 6.15. The monoisotopic (exact) mass is 358 g/mol. The average Bonchev–Trinajstić information content (AvgIpc) is 2.60. The molecule has 0 saturated carbocycles. The Morgan fingerprint density at radius 2 is 1.58 bits per heavy atom. The van der Waals surface area contributed by atoms with E-state index in [2.05, 4.69) is 61.5 Å². The maximum absolute atomic E-state index is 11.7. The third-order valence-corrected chi connectivity index (χ3v) is 6.39. The SMILES string of the molecule is CCS[C@H](CC(CC(C)=O)SCc1ccccc1)c1ccccc1. The average molecular weight is 359 g/mol. The van der Waals surface area contributed by atoms with E-state index < -0.39 is 0 Å². The van der Waals surface area contributed by atoms with Gasteiger partial charge in [-0.2, -0.15) is 23.5 Å². The van der Waals surface area contributed by atoms with Crippen LogP contribution in [0.15, 0.2) is 60.7 Å². The first-order valence-corrected chi connectivity index (χ1v) is 10.6. The largest absolute Gasteiger partial charge is 0.300 e. The van der Waals surface area contributed by atoms with Gasteiger partial charge in [0, 0.05) is 22.7 Å². The van der Waals surface area contributed by atoms with Crippen LogP contribution in [0.1, 0.15) is 43.1 Å². The standard InChI is InChI=1S/C21H26OS2/c1-3-23-21(19-12-8-5-9-13-19)15-20(14-17(2)22)24-16-18-10-6-4-7-11-18/h4-13,20-21H,3,14-16H2,1-2H3/t20?,21-/m1/s1. The molecule has 0 aliphatic carbocycles. The predicted molar refractivity (Wildman–Crippen MR) is 109 cm³/mol. The molecule has 24 heavy (non-hydrogen) atoms. The zero-order valence-corrected chi connectivity index (χ0v) is 16.1. The van der Waals surface area contributed by atoms with Crippen molar-refractivity contribution in [1.82, 2.24) is 0 Å². The van der Waals surface area contributed by atoms with Crippen LogP contribution < -0.4 is 0 Å². The number of benzene rings is 2. The Balaban J connectivity index is 2.03. The summed E-state index contributed by atoms with van der Waals surface area (Å²) >= 11 is 3.90. The van der Waals surface area contributed by atoms with Crippen molar-refractivity contribution in [2.24, 2.45) is 0 Å². The van der Waals surface area contributed by atoms with Crippen LogP contribution in [0.3, 0.4) is 0 Å². The number of hydrogen-bond acceptors (Lipinski definition) is 3. The van der Waals surface area contributed by atoms with Crippen molar-refractivity contribution >= 4 is 29.3 Å². The zero-order valence-electron chi connectivity index (χ0n) is 14.5. The van der Waals surface area contributed by atoms with Gasteiger partial charge in [0.25, 0.3) is 0 Å². The van der Waals surface area contributed by atoms with E-state index in [1.54, 1.807) is 6.92 Å². The zero-order chi connectivity index (χ0) is 17.2. The molecule has 2 atom stereocenters. The van der Waals surface area contributed by atoms with Crippen molar-refractivity contribution in [3.63, 3.8) is 0 Å². The van der Waals surface area contributed by atoms with Crippen LogP contribution in [0, 0.1) is 0 Å². The molecule has 1 nitrogen and oxygen atoms in total. The minimum Gasteiger partial charge on any atom is -0.300 e. The van der Waals surface area contributed by atoms with E-state index >= 15 is 0 Å². The van der Waals surface area contributed by atoms with Gasteiger partial charge in [-0.05, 0) is 30.2 Å². The lowest BCUT2D eigenvalue weighted by atomic mass is 10.1. The minimum absolute atomic E-state index is 0.286. The number of thioether (sulfide) groups is 2. The first kappa shape index (κ1) is 19.1. The Morgan fingerprint density at radius 3 is 2.17 bits per heavy atom. The van der Waals surface area contributed by atoms with Crippen molar-refractivity contribution in [3.8, 4) is 0 Å². The molecule has 0 aliphatic heterocycles. The van der Waals surface area contributed by atoms with Gasteiger partial charge >= 0.3 is 0 Å². The third-order valence-electron chi connectivity index (χ3n) is 3.86. The Kier molecular flexibility index (Phi) is 8.48. The van der Waals surface area contributed by atoms with Crippen LogP contribution >= 0.6 is 23.5 Å². The lowest BCUT2D eigenvalue weighted by Gasteiger charge is -2.23. The highest BCUT2D eigenvalue weighted by Gasteiger charge is 2.20. The molecule has 0 fully saturated rings. The van der Waals surface area contributed by atoms with Crippen LogP contribution in [0.25, 0.3) is 0 Å². The number of ketones is 1. The van der Waals surface area contributed by atoms with Crippen molar-refractivity contribution in [2.45, 2.75) is 42.9 Å². The summed E-state index contributed by atoms with van der Waals surface area (Å²) in [5, 5.41) is 0.829. The molecule has 3 heteroatoms. The molecule has 0 spiro atoms. The second-order valence-corrected chi connectivity index (χ2v) is 8.68. The molecule has 0 aliphatic rings. The molecule has 0 saturated heterocycles. The molecule has 0 heterocycles. The minimum atomic E-state index is 0.286. The van der Waals surface area contributed by atoms with Gasteiger partial charge in [-0.3, -0.25) is 4.79 Å². The van der Waals surface area contributed by atoms with Gasteiger partial charge in [0.15, 0.2) is 0 Å². The molecular weight excluding hydrogens is 332 g/mol. The van der Waals surface area contributed by atoms with Crippen LogP contribution in [0.2, 0.25) is 0 Å². The van der Waals surface area contributed by atoms with Gasteiger partial charge < -0.3 is 0 Å². The summed E-state index contributed by atoms with van der Waals surface area (Å²) in [5.74, 6) is 2.35. The van der Waals surface area contributed by atoms with E-state index in [-0.39, 0.29) is 5.78 Å². The second kappa shape index (κ2) is 10.6. The quantitative estimate of drug-likeness (QED) is 0.507. The number of carbonyl (C=O) groups is 1. The summed E-state index contributed by atoms with van der Waals surface area (Å²) < 4.78 is 0. The lowest BCUT2D eigenvalue weighted by molar-refractivity contribution is -0.117. The Morgan fingerprint density at radius 1 is 0.958 bits per heavy atom. The Bertz CT molecular complexity index is 598. The summed E-state index contributed by atoms with van der Waals surface area (Å²) in [6, 6.07) is 21.2. The summed E-state index contributed by atoms with van der Waals surface area (Å²) in [6.07, 6.45) is 1.70. The molecule has 0 aromatic heterocycles. The van der Waals surface area contributed by atoms with E-state index in [4.69, 9.17) is 0 Å². The fraction of sp³-hybridized carbons (Fsp3) is 0.381. The number of carbonyl (C=O) groups excluding carboxylic acids is 1. The fourth-order valence-electron chi connectivity index (χ4n) is 2.73. The highest BCUT2D eigenvalue weighted by atomic mass is 32.2. The van der Waals surface area contributed by atoms with Crippen LogP contribution in [-0.2, 0) is 10.5 Å². The summed E-state index contributed by atoms with van der Waals surface area (Å²) in [7, 11) is 0. The maximum atomic E-state index is 11.7. The molecule has 128 valence electrons. The van der Waals surface area contributed by atoms with Crippen molar-refractivity contribution in [1.29, 1.82) is 0 Å². The van der Waals surface area contributed by atoms with Crippen molar-refractivity contribution in [3.05, 3.63) is 71.8 Å². The van der Waals surface area contributed by atoms with Gasteiger partial charge in [-0.1, -0.05) is 67.6 Å². The van der Waals surface area contributed by atoms with Gasteiger partial charge in [-0.15, -0.1) is 0 Å². The first-order chi connectivity index (χ1) is 11.7. The molecule has 0 radical (unpaired) electrons. The summed E-state index contributed by atoms with van der Waals surface area (Å²) in [5.41, 5.74) is 2.70. The molecule has 2 rings (SSSR count). The molecule has 1 unspecified atom stereocenters. The number of Topliss-reactive ketones (excluding diaryl/α,β-unsaturated/α-hetero) is 1. The topological polar surface area (TPSA) is 17.1 Å². The van der Waals surface area contributed by atoms with Gasteiger partial charge in [0.05, 0.1) is 0 Å². The van der Waals surface area contributed by atoms with E-state index in [0.717, 1.165) is 17.9 Å². The van der Waals surface area contributed by atoms with Crippen LogP contribution in [-0.4, -0.2) is 16.8 Å². The smallest absolute Gasteiger partial charge is 0.130 e. The molecule has 2 aromatic rings. The second-order valence-electron chi connectivity index (χ2n) is 5.92. The molecule has 0 bridgehead atoms. The van der Waals surface area contributed by atoms with Crippen molar-refractivity contribution < 1.29 is 4.79 Å². The highest BCUT2D eigenvalue weighted by Crippen LogP contribution is 2.37.